The van der Waals surface area contributed by atoms with Crippen molar-refractivity contribution < 1.29 is 4.74 Å². The van der Waals surface area contributed by atoms with Crippen molar-refractivity contribution in [3.05, 3.63) is 29.8 Å². The average molecular weight is 428 g/mol. The highest BCUT2D eigenvalue weighted by molar-refractivity contribution is 7.15. The van der Waals surface area contributed by atoms with E-state index in [2.05, 4.69) is 47.6 Å². The maximum Gasteiger partial charge on any atom is 0.145 e. The molecule has 1 atom stereocenters. The number of nitrogens with zero attached hydrogens (tertiary/aromatic N) is 5. The van der Waals surface area contributed by atoms with Crippen LogP contribution in [-0.4, -0.2) is 34.2 Å². The number of hydrogen-bond donors (Lipinski definition) is 0. The molecule has 6 nitrogen and oxygen atoms in total. The standard InChI is InChI=1S/C21H29N5OSSi/c1-5-6-16(7-9-22)21-23-13-18(28-21)19-17-8-10-26(20(17)25-14-24-19)15-27-11-12-29(2,3)4/h8,10,13-14,16H,5-7,11-12,15H2,1-4H3/t16-/m1/s1. The van der Waals surface area contributed by atoms with Crippen molar-refractivity contribution >= 4 is 30.4 Å². The highest BCUT2D eigenvalue weighted by atomic mass is 32.1. The number of nitriles is 1. The third kappa shape index (κ3) is 5.50. The number of aromatic nitrogens is 4. The van der Waals surface area contributed by atoms with Crippen molar-refractivity contribution in [1.82, 2.24) is 19.5 Å². The van der Waals surface area contributed by atoms with Crippen molar-refractivity contribution in [3.63, 3.8) is 0 Å². The summed E-state index contributed by atoms with van der Waals surface area (Å²) in [5.41, 5.74) is 1.77. The van der Waals surface area contributed by atoms with Gasteiger partial charge in [0.05, 0.1) is 21.6 Å². The van der Waals surface area contributed by atoms with Gasteiger partial charge >= 0.3 is 0 Å². The number of rotatable bonds is 10. The Labute approximate surface area is 177 Å². The van der Waals surface area contributed by atoms with Gasteiger partial charge in [-0.15, -0.1) is 11.3 Å². The molecule has 3 aromatic heterocycles. The van der Waals surface area contributed by atoms with E-state index in [1.807, 2.05) is 23.0 Å². The van der Waals surface area contributed by atoms with Gasteiger partial charge < -0.3 is 9.30 Å². The van der Waals surface area contributed by atoms with Crippen molar-refractivity contribution in [2.45, 2.75) is 64.5 Å². The summed E-state index contributed by atoms with van der Waals surface area (Å²) in [6.45, 7) is 10.5. The van der Waals surface area contributed by atoms with E-state index in [-0.39, 0.29) is 5.92 Å². The van der Waals surface area contributed by atoms with E-state index < -0.39 is 8.07 Å². The maximum atomic E-state index is 9.12. The fourth-order valence-electron chi connectivity index (χ4n) is 3.20. The molecule has 29 heavy (non-hydrogen) atoms. The van der Waals surface area contributed by atoms with Crippen LogP contribution in [0.1, 0.15) is 37.1 Å². The van der Waals surface area contributed by atoms with Crippen LogP contribution in [0, 0.1) is 11.3 Å². The van der Waals surface area contributed by atoms with Gasteiger partial charge in [-0.3, -0.25) is 0 Å². The van der Waals surface area contributed by atoms with Crippen LogP contribution in [0.25, 0.3) is 21.6 Å². The smallest absolute Gasteiger partial charge is 0.145 e. The topological polar surface area (TPSA) is 76.6 Å². The SMILES string of the molecule is CCC[C@H](CC#N)c1ncc(-c2ncnc3c2ccn3COCC[Si](C)(C)C)s1. The Morgan fingerprint density at radius 3 is 2.83 bits per heavy atom. The Balaban J connectivity index is 1.79. The van der Waals surface area contributed by atoms with Gasteiger partial charge in [-0.1, -0.05) is 33.0 Å². The van der Waals surface area contributed by atoms with E-state index in [1.165, 1.54) is 0 Å². The van der Waals surface area contributed by atoms with Crippen LogP contribution in [0.5, 0.6) is 0 Å². The number of fused-ring (bicyclic) bond motifs is 1. The fourth-order valence-corrected chi connectivity index (χ4v) is 5.02. The molecular weight excluding hydrogens is 398 g/mol. The first kappa shape index (κ1) is 21.6. The Morgan fingerprint density at radius 2 is 2.10 bits per heavy atom. The van der Waals surface area contributed by atoms with Gasteiger partial charge in [0, 0.05) is 44.8 Å². The number of ether oxygens (including phenoxy) is 1. The lowest BCUT2D eigenvalue weighted by atomic mass is 10.0. The zero-order valence-electron chi connectivity index (χ0n) is 17.7. The molecule has 3 heterocycles. The predicted octanol–water partition coefficient (Wildman–Crippen LogP) is 5.66. The van der Waals surface area contributed by atoms with E-state index in [4.69, 9.17) is 10.00 Å². The van der Waals surface area contributed by atoms with Crippen LogP contribution in [0.3, 0.4) is 0 Å². The summed E-state index contributed by atoms with van der Waals surface area (Å²) in [4.78, 5) is 14.6. The van der Waals surface area contributed by atoms with Crippen molar-refractivity contribution in [1.29, 1.82) is 5.26 Å². The van der Waals surface area contributed by atoms with Crippen LogP contribution >= 0.6 is 11.3 Å². The van der Waals surface area contributed by atoms with Crippen molar-refractivity contribution in [2.24, 2.45) is 0 Å². The van der Waals surface area contributed by atoms with Gasteiger partial charge in [0.15, 0.2) is 0 Å². The first-order chi connectivity index (χ1) is 13.9. The quantitative estimate of drug-likeness (QED) is 0.308. The van der Waals surface area contributed by atoms with E-state index >= 15 is 0 Å². The molecule has 0 aromatic carbocycles. The molecular formula is C21H29N5OSSi. The molecule has 3 rings (SSSR count). The molecule has 0 radical (unpaired) electrons. The molecule has 0 unspecified atom stereocenters. The van der Waals surface area contributed by atoms with Gasteiger partial charge in [0.2, 0.25) is 0 Å². The second-order valence-electron chi connectivity index (χ2n) is 8.50. The lowest BCUT2D eigenvalue weighted by Crippen LogP contribution is -2.22. The summed E-state index contributed by atoms with van der Waals surface area (Å²) in [5.74, 6) is 0.199. The first-order valence-electron chi connectivity index (χ1n) is 10.1. The Hall–Kier alpha value is -2.08. The summed E-state index contributed by atoms with van der Waals surface area (Å²) >= 11 is 1.63. The second kappa shape index (κ2) is 9.61. The van der Waals surface area contributed by atoms with Gasteiger partial charge in [0.25, 0.3) is 0 Å². The lowest BCUT2D eigenvalue weighted by molar-refractivity contribution is 0.0899. The largest absolute Gasteiger partial charge is 0.361 e. The number of hydrogen-bond acceptors (Lipinski definition) is 6. The molecule has 0 N–H and O–H groups in total. The lowest BCUT2D eigenvalue weighted by Gasteiger charge is -2.15. The minimum absolute atomic E-state index is 0.199. The van der Waals surface area contributed by atoms with Crippen molar-refractivity contribution in [2.75, 3.05) is 6.61 Å². The Kier molecular flexibility index (Phi) is 7.17. The van der Waals surface area contributed by atoms with Crippen LogP contribution in [0.2, 0.25) is 25.7 Å². The van der Waals surface area contributed by atoms with Crippen LogP contribution < -0.4 is 0 Å². The molecule has 0 saturated heterocycles. The molecule has 0 bridgehead atoms. The van der Waals surface area contributed by atoms with Crippen molar-refractivity contribution in [3.8, 4) is 16.6 Å². The summed E-state index contributed by atoms with van der Waals surface area (Å²) in [6.07, 6.45) is 8.02. The highest BCUT2D eigenvalue weighted by Gasteiger charge is 2.18. The van der Waals surface area contributed by atoms with Crippen LogP contribution in [0.15, 0.2) is 24.8 Å². The van der Waals surface area contributed by atoms with Gasteiger partial charge in [-0.05, 0) is 18.5 Å². The molecule has 154 valence electrons. The molecule has 3 aromatic rings. The Morgan fingerprint density at radius 1 is 1.28 bits per heavy atom. The van der Waals surface area contributed by atoms with E-state index in [0.717, 1.165) is 52.1 Å². The third-order valence-electron chi connectivity index (χ3n) is 4.86. The summed E-state index contributed by atoms with van der Waals surface area (Å²) in [5, 5.41) is 11.1. The van der Waals surface area contributed by atoms with E-state index in [0.29, 0.717) is 13.2 Å². The number of thiazole rings is 1. The summed E-state index contributed by atoms with van der Waals surface area (Å²) in [7, 11) is -1.09. The summed E-state index contributed by atoms with van der Waals surface area (Å²) in [6, 6.07) is 5.49. The monoisotopic (exact) mass is 427 g/mol. The molecule has 0 aliphatic carbocycles. The first-order valence-corrected chi connectivity index (χ1v) is 14.7. The maximum absolute atomic E-state index is 9.12. The van der Waals surface area contributed by atoms with Crippen LogP contribution in [0.4, 0.5) is 0 Å². The molecule has 8 heteroatoms. The molecule has 0 fully saturated rings. The fraction of sp³-hybridized carbons (Fsp3) is 0.524. The van der Waals surface area contributed by atoms with E-state index in [9.17, 15) is 0 Å². The van der Waals surface area contributed by atoms with Gasteiger partial charge in [0.1, 0.15) is 18.7 Å². The van der Waals surface area contributed by atoms with Crippen LogP contribution in [-0.2, 0) is 11.5 Å². The molecule has 0 amide bonds. The normalized spacial score (nSPS) is 12.9. The van der Waals surface area contributed by atoms with Gasteiger partial charge in [-0.25, -0.2) is 15.0 Å². The minimum Gasteiger partial charge on any atom is -0.361 e. The predicted molar refractivity (Wildman–Crippen MR) is 121 cm³/mol. The summed E-state index contributed by atoms with van der Waals surface area (Å²) < 4.78 is 7.92. The zero-order valence-corrected chi connectivity index (χ0v) is 19.5. The minimum atomic E-state index is -1.09. The molecule has 0 spiro atoms. The zero-order chi connectivity index (χ0) is 20.9. The Bertz CT molecular complexity index is 985. The van der Waals surface area contributed by atoms with E-state index in [1.54, 1.807) is 17.7 Å². The average Bonchev–Trinajstić information content (AvgIpc) is 3.32. The molecule has 0 aliphatic heterocycles. The molecule has 0 saturated carbocycles. The van der Waals surface area contributed by atoms with Gasteiger partial charge in [-0.2, -0.15) is 5.26 Å². The second-order valence-corrected chi connectivity index (χ2v) is 15.2. The highest BCUT2D eigenvalue weighted by Crippen LogP contribution is 2.35. The third-order valence-corrected chi connectivity index (χ3v) is 7.73. The molecule has 0 aliphatic rings.